The summed E-state index contributed by atoms with van der Waals surface area (Å²) in [7, 11) is 0. The van der Waals surface area contributed by atoms with E-state index in [1.165, 1.54) is 6.07 Å². The van der Waals surface area contributed by atoms with Gasteiger partial charge in [0.25, 0.3) is 5.91 Å². The quantitative estimate of drug-likeness (QED) is 0.648. The lowest BCUT2D eigenvalue weighted by Gasteiger charge is -2.36. The first-order valence-electron chi connectivity index (χ1n) is 9.03. The van der Waals surface area contributed by atoms with Gasteiger partial charge >= 0.3 is 5.97 Å². The largest absolute Gasteiger partial charge is 0.478 e. The maximum atomic E-state index is 14.2. The Balaban J connectivity index is 2.18. The highest BCUT2D eigenvalue weighted by Gasteiger charge is 2.41. The Hall–Kier alpha value is -2.44. The Morgan fingerprint density at radius 1 is 1.19 bits per heavy atom. The number of carbonyl (C=O) groups is 3. The summed E-state index contributed by atoms with van der Waals surface area (Å²) in [6.07, 6.45) is 5.41. The van der Waals surface area contributed by atoms with Crippen molar-refractivity contribution in [3.05, 3.63) is 35.1 Å². The van der Waals surface area contributed by atoms with Crippen LogP contribution in [0.15, 0.2) is 18.2 Å². The molecule has 1 aromatic rings. The minimum absolute atomic E-state index is 0.233. The van der Waals surface area contributed by atoms with Crippen LogP contribution >= 0.6 is 0 Å². The Morgan fingerprint density at radius 2 is 1.88 bits per heavy atom. The number of hydrogen-bond acceptors (Lipinski definition) is 3. The van der Waals surface area contributed by atoms with Crippen LogP contribution in [-0.2, 0) is 4.79 Å². The fourth-order valence-corrected chi connectivity index (χ4v) is 3.23. The zero-order valence-electron chi connectivity index (χ0n) is 14.9. The van der Waals surface area contributed by atoms with Crippen LogP contribution in [0.2, 0.25) is 0 Å². The van der Waals surface area contributed by atoms with E-state index in [0.29, 0.717) is 19.4 Å². The van der Waals surface area contributed by atoms with Crippen molar-refractivity contribution in [3.63, 3.8) is 0 Å². The second kappa shape index (κ2) is 8.78. The lowest BCUT2D eigenvalue weighted by atomic mass is 9.80. The summed E-state index contributed by atoms with van der Waals surface area (Å²) in [5.41, 5.74) is -1.54. The molecule has 1 saturated carbocycles. The first-order chi connectivity index (χ1) is 12.4. The van der Waals surface area contributed by atoms with Gasteiger partial charge in [-0.25, -0.2) is 9.18 Å². The van der Waals surface area contributed by atoms with E-state index in [1.54, 1.807) is 0 Å². The van der Waals surface area contributed by atoms with Crippen LogP contribution in [0.5, 0.6) is 0 Å². The standard InChI is InChI=1S/C19H25FN2O4/c1-2-3-11-21-18(26)19(9-5-4-6-10-19)22-16(23)14-8-7-13(17(24)25)12-15(14)20/h7-8,12H,2-6,9-11H2,1H3,(H,21,26)(H,22,23)(H,24,25). The van der Waals surface area contributed by atoms with E-state index in [2.05, 4.69) is 10.6 Å². The molecule has 2 amide bonds. The molecule has 3 N–H and O–H groups in total. The lowest BCUT2D eigenvalue weighted by Crippen LogP contribution is -2.59. The highest BCUT2D eigenvalue weighted by atomic mass is 19.1. The van der Waals surface area contributed by atoms with Crippen molar-refractivity contribution >= 4 is 17.8 Å². The third-order valence-electron chi connectivity index (χ3n) is 4.77. The molecule has 0 aliphatic heterocycles. The first-order valence-corrected chi connectivity index (χ1v) is 9.03. The number of carboxylic acids is 1. The van der Waals surface area contributed by atoms with E-state index in [9.17, 15) is 18.8 Å². The first kappa shape index (κ1) is 19.9. The molecule has 7 heteroatoms. The van der Waals surface area contributed by atoms with Gasteiger partial charge in [-0.2, -0.15) is 0 Å². The van der Waals surface area contributed by atoms with Crippen LogP contribution in [0.4, 0.5) is 4.39 Å². The molecule has 0 unspecified atom stereocenters. The van der Waals surface area contributed by atoms with Gasteiger partial charge in [-0.1, -0.05) is 32.6 Å². The molecule has 1 aliphatic carbocycles. The number of halogens is 1. The zero-order valence-corrected chi connectivity index (χ0v) is 14.9. The summed E-state index contributed by atoms with van der Waals surface area (Å²) >= 11 is 0. The van der Waals surface area contributed by atoms with Gasteiger partial charge in [-0.3, -0.25) is 9.59 Å². The SMILES string of the molecule is CCCCNC(=O)C1(NC(=O)c2ccc(C(=O)O)cc2F)CCCCC1. The normalized spacial score (nSPS) is 15.9. The van der Waals surface area contributed by atoms with Crippen molar-refractivity contribution < 1.29 is 23.9 Å². The number of nitrogens with one attached hydrogen (secondary N) is 2. The minimum Gasteiger partial charge on any atom is -0.478 e. The van der Waals surface area contributed by atoms with Crippen LogP contribution in [0.3, 0.4) is 0 Å². The summed E-state index contributed by atoms with van der Waals surface area (Å²) in [4.78, 5) is 36.2. The molecular formula is C19H25FN2O4. The molecule has 26 heavy (non-hydrogen) atoms. The van der Waals surface area contributed by atoms with Crippen molar-refractivity contribution in [2.24, 2.45) is 0 Å². The fraction of sp³-hybridized carbons (Fsp3) is 0.526. The number of aromatic carboxylic acids is 1. The number of carbonyl (C=O) groups excluding carboxylic acids is 2. The molecular weight excluding hydrogens is 339 g/mol. The third-order valence-corrected chi connectivity index (χ3v) is 4.77. The van der Waals surface area contributed by atoms with Crippen LogP contribution in [-0.4, -0.2) is 35.0 Å². The van der Waals surface area contributed by atoms with Crippen molar-refractivity contribution in [1.29, 1.82) is 0 Å². The monoisotopic (exact) mass is 364 g/mol. The van der Waals surface area contributed by atoms with Gasteiger partial charge in [-0.15, -0.1) is 0 Å². The van der Waals surface area contributed by atoms with Crippen LogP contribution < -0.4 is 10.6 Å². The number of amides is 2. The van der Waals surface area contributed by atoms with Gasteiger partial charge in [0.15, 0.2) is 0 Å². The predicted octanol–water partition coefficient (Wildman–Crippen LogP) is 2.87. The topological polar surface area (TPSA) is 95.5 Å². The van der Waals surface area contributed by atoms with E-state index >= 15 is 0 Å². The smallest absolute Gasteiger partial charge is 0.335 e. The van der Waals surface area contributed by atoms with Gasteiger partial charge in [0.2, 0.25) is 5.91 Å². The average molecular weight is 364 g/mol. The molecule has 1 fully saturated rings. The Labute approximate surface area is 152 Å². The van der Waals surface area contributed by atoms with E-state index in [-0.39, 0.29) is 17.0 Å². The summed E-state index contributed by atoms with van der Waals surface area (Å²) in [6.45, 7) is 2.56. The van der Waals surface area contributed by atoms with Gasteiger partial charge in [-0.05, 0) is 37.5 Å². The molecule has 0 saturated heterocycles. The van der Waals surface area contributed by atoms with Gasteiger partial charge in [0.1, 0.15) is 11.4 Å². The maximum Gasteiger partial charge on any atom is 0.335 e. The number of rotatable bonds is 7. The predicted molar refractivity (Wildman–Crippen MR) is 94.6 cm³/mol. The van der Waals surface area contributed by atoms with E-state index in [0.717, 1.165) is 44.2 Å². The Kier molecular flexibility index (Phi) is 6.71. The molecule has 0 aromatic heterocycles. The van der Waals surface area contributed by atoms with E-state index < -0.39 is 23.2 Å². The summed E-state index contributed by atoms with van der Waals surface area (Å²) < 4.78 is 14.2. The molecule has 2 rings (SSSR count). The van der Waals surface area contributed by atoms with Crippen LogP contribution in [0.25, 0.3) is 0 Å². The molecule has 0 radical (unpaired) electrons. The highest BCUT2D eigenvalue weighted by Crippen LogP contribution is 2.29. The minimum atomic E-state index is -1.27. The van der Waals surface area contributed by atoms with Crippen LogP contribution in [0, 0.1) is 5.82 Å². The molecule has 0 spiro atoms. The van der Waals surface area contributed by atoms with E-state index in [4.69, 9.17) is 5.11 Å². The summed E-state index contributed by atoms with van der Waals surface area (Å²) in [6, 6.07) is 3.13. The van der Waals surface area contributed by atoms with Crippen molar-refractivity contribution in [1.82, 2.24) is 10.6 Å². The third kappa shape index (κ3) is 4.59. The molecule has 6 nitrogen and oxygen atoms in total. The van der Waals surface area contributed by atoms with Gasteiger partial charge < -0.3 is 15.7 Å². The second-order valence-electron chi connectivity index (χ2n) is 6.71. The number of carboxylic acid groups (broad SMARTS) is 1. The molecule has 0 heterocycles. The molecule has 0 bridgehead atoms. The number of benzene rings is 1. The van der Waals surface area contributed by atoms with Gasteiger partial charge in [0.05, 0.1) is 11.1 Å². The lowest BCUT2D eigenvalue weighted by molar-refractivity contribution is -0.128. The molecule has 1 aromatic carbocycles. The second-order valence-corrected chi connectivity index (χ2v) is 6.71. The number of unbranched alkanes of at least 4 members (excludes halogenated alkanes) is 1. The maximum absolute atomic E-state index is 14.2. The highest BCUT2D eigenvalue weighted by molar-refractivity contribution is 6.00. The van der Waals surface area contributed by atoms with E-state index in [1.807, 2.05) is 6.92 Å². The summed E-state index contributed by atoms with van der Waals surface area (Å²) in [5, 5.41) is 14.5. The molecule has 0 atom stereocenters. The fourth-order valence-electron chi connectivity index (χ4n) is 3.23. The average Bonchev–Trinajstić information content (AvgIpc) is 2.62. The summed E-state index contributed by atoms with van der Waals surface area (Å²) in [5.74, 6) is -3.12. The molecule has 142 valence electrons. The number of hydrogen-bond donors (Lipinski definition) is 3. The molecule has 1 aliphatic rings. The Morgan fingerprint density at radius 3 is 2.46 bits per heavy atom. The Bertz CT molecular complexity index is 684. The van der Waals surface area contributed by atoms with Crippen molar-refractivity contribution in [2.75, 3.05) is 6.54 Å². The zero-order chi connectivity index (χ0) is 19.2. The van der Waals surface area contributed by atoms with Gasteiger partial charge in [0, 0.05) is 6.54 Å². The van der Waals surface area contributed by atoms with Crippen molar-refractivity contribution in [3.8, 4) is 0 Å². The van der Waals surface area contributed by atoms with Crippen molar-refractivity contribution in [2.45, 2.75) is 57.4 Å². The van der Waals surface area contributed by atoms with Crippen LogP contribution in [0.1, 0.15) is 72.6 Å².